The molecular formula is C18H21FN4O3S. The molecule has 0 aliphatic carbocycles. The fourth-order valence-electron chi connectivity index (χ4n) is 3.20. The number of nitrogens with two attached hydrogens (primary N) is 2. The highest BCUT2D eigenvalue weighted by Crippen LogP contribution is 2.31. The van der Waals surface area contributed by atoms with E-state index in [1.54, 1.807) is 13.0 Å². The van der Waals surface area contributed by atoms with E-state index in [2.05, 4.69) is 4.98 Å². The van der Waals surface area contributed by atoms with Crippen molar-refractivity contribution in [2.75, 3.05) is 18.8 Å². The van der Waals surface area contributed by atoms with Gasteiger partial charge in [0.1, 0.15) is 11.6 Å². The molecule has 144 valence electrons. The van der Waals surface area contributed by atoms with Crippen LogP contribution in [0.4, 0.5) is 10.2 Å². The van der Waals surface area contributed by atoms with E-state index >= 15 is 0 Å². The van der Waals surface area contributed by atoms with Crippen LogP contribution in [0, 0.1) is 12.7 Å². The highest BCUT2D eigenvalue weighted by Gasteiger charge is 2.31. The number of piperidine rings is 1. The predicted molar refractivity (Wildman–Crippen MR) is 99.0 cm³/mol. The zero-order chi connectivity index (χ0) is 19.8. The maximum absolute atomic E-state index is 13.8. The summed E-state index contributed by atoms with van der Waals surface area (Å²) in [4.78, 5) is 15.4. The van der Waals surface area contributed by atoms with Crippen molar-refractivity contribution in [2.24, 2.45) is 5.73 Å². The number of amides is 1. The van der Waals surface area contributed by atoms with E-state index < -0.39 is 21.7 Å². The van der Waals surface area contributed by atoms with Crippen LogP contribution in [-0.4, -0.2) is 36.7 Å². The number of sulfonamides is 1. The van der Waals surface area contributed by atoms with Crippen LogP contribution in [0.3, 0.4) is 0 Å². The van der Waals surface area contributed by atoms with Crippen LogP contribution in [-0.2, 0) is 10.0 Å². The zero-order valence-corrected chi connectivity index (χ0v) is 15.7. The van der Waals surface area contributed by atoms with Crippen LogP contribution in [0.1, 0.15) is 40.4 Å². The summed E-state index contributed by atoms with van der Waals surface area (Å²) in [5.41, 5.74) is 12.3. The molecule has 1 amide bonds. The summed E-state index contributed by atoms with van der Waals surface area (Å²) in [6.45, 7) is 2.17. The lowest BCUT2D eigenvalue weighted by Gasteiger charge is -2.31. The van der Waals surface area contributed by atoms with E-state index in [0.717, 1.165) is 6.07 Å². The first-order valence-corrected chi connectivity index (χ1v) is 9.96. The van der Waals surface area contributed by atoms with E-state index in [1.807, 2.05) is 0 Å². The van der Waals surface area contributed by atoms with Gasteiger partial charge in [-0.15, -0.1) is 0 Å². The van der Waals surface area contributed by atoms with Gasteiger partial charge in [0.05, 0.1) is 10.5 Å². The van der Waals surface area contributed by atoms with Gasteiger partial charge >= 0.3 is 0 Å². The van der Waals surface area contributed by atoms with Crippen LogP contribution in [0.15, 0.2) is 35.2 Å². The summed E-state index contributed by atoms with van der Waals surface area (Å²) >= 11 is 0. The number of anilines is 1. The van der Waals surface area contributed by atoms with Crippen LogP contribution in [0.25, 0.3) is 0 Å². The summed E-state index contributed by atoms with van der Waals surface area (Å²) in [5.74, 6) is -1.08. The van der Waals surface area contributed by atoms with Crippen LogP contribution >= 0.6 is 0 Å². The Hall–Kier alpha value is -2.52. The molecule has 0 atom stereocenters. The number of carbonyl (C=O) groups is 1. The van der Waals surface area contributed by atoms with Crippen molar-refractivity contribution in [3.05, 3.63) is 53.0 Å². The molecular weight excluding hydrogens is 371 g/mol. The molecule has 9 heteroatoms. The van der Waals surface area contributed by atoms with Gasteiger partial charge in [-0.05, 0) is 49.6 Å². The van der Waals surface area contributed by atoms with Crippen LogP contribution in [0.5, 0.6) is 0 Å². The minimum Gasteiger partial charge on any atom is -0.383 e. The summed E-state index contributed by atoms with van der Waals surface area (Å²) in [5, 5.41) is 0. The Balaban J connectivity index is 1.74. The fourth-order valence-corrected chi connectivity index (χ4v) is 4.68. The lowest BCUT2D eigenvalue weighted by molar-refractivity contribution is 0.100. The first kappa shape index (κ1) is 19.2. The van der Waals surface area contributed by atoms with E-state index in [4.69, 9.17) is 11.5 Å². The highest BCUT2D eigenvalue weighted by molar-refractivity contribution is 7.89. The number of nitrogen functional groups attached to an aromatic ring is 1. The van der Waals surface area contributed by atoms with Crippen molar-refractivity contribution >= 4 is 21.7 Å². The third-order valence-electron chi connectivity index (χ3n) is 4.87. The molecule has 2 aromatic rings. The minimum atomic E-state index is -3.75. The Morgan fingerprint density at radius 2 is 1.89 bits per heavy atom. The molecule has 1 aromatic carbocycles. The standard InChI is InChI=1S/C18H21FN4O3S/c1-11-2-3-13(10-15(11)19)27(25,26)23-8-6-12(7-9-23)16-5-4-14(18(21)24)17(20)22-16/h2-5,10,12H,6-9H2,1H3,(H2,20,22)(H2,21,24). The number of aromatic nitrogens is 1. The van der Waals surface area contributed by atoms with Gasteiger partial charge < -0.3 is 11.5 Å². The quantitative estimate of drug-likeness (QED) is 0.822. The van der Waals surface area contributed by atoms with Gasteiger partial charge in [0.25, 0.3) is 5.91 Å². The number of aryl methyl sites for hydroxylation is 1. The molecule has 3 rings (SSSR count). The first-order valence-electron chi connectivity index (χ1n) is 8.52. The molecule has 0 saturated carbocycles. The Morgan fingerprint density at radius 1 is 1.22 bits per heavy atom. The van der Waals surface area contributed by atoms with Gasteiger partial charge in [-0.1, -0.05) is 6.07 Å². The second kappa shape index (κ2) is 7.24. The average molecular weight is 392 g/mol. The molecule has 4 N–H and O–H groups in total. The maximum atomic E-state index is 13.8. The molecule has 1 aliphatic heterocycles. The number of benzene rings is 1. The molecule has 1 fully saturated rings. The number of nitrogens with zero attached hydrogens (tertiary/aromatic N) is 2. The number of halogens is 1. The van der Waals surface area contributed by atoms with Gasteiger partial charge in [0.15, 0.2) is 0 Å². The number of rotatable bonds is 4. The van der Waals surface area contributed by atoms with Gasteiger partial charge in [0, 0.05) is 24.7 Å². The van der Waals surface area contributed by atoms with Crippen LogP contribution in [0.2, 0.25) is 0 Å². The van der Waals surface area contributed by atoms with Crippen molar-refractivity contribution in [1.29, 1.82) is 0 Å². The fraction of sp³-hybridized carbons (Fsp3) is 0.333. The Morgan fingerprint density at radius 3 is 2.44 bits per heavy atom. The number of primary amides is 1. The molecule has 7 nitrogen and oxygen atoms in total. The summed E-state index contributed by atoms with van der Waals surface area (Å²) in [6, 6.07) is 7.17. The molecule has 2 heterocycles. The number of carbonyl (C=O) groups excluding carboxylic acids is 1. The molecule has 27 heavy (non-hydrogen) atoms. The lowest BCUT2D eigenvalue weighted by Crippen LogP contribution is -2.38. The largest absolute Gasteiger partial charge is 0.383 e. The average Bonchev–Trinajstić information content (AvgIpc) is 2.63. The SMILES string of the molecule is Cc1ccc(S(=O)(=O)N2CCC(c3ccc(C(N)=O)c(N)n3)CC2)cc1F. The molecule has 0 unspecified atom stereocenters. The van der Waals surface area contributed by atoms with Crippen molar-refractivity contribution in [2.45, 2.75) is 30.6 Å². The minimum absolute atomic E-state index is 0.0235. The molecule has 0 spiro atoms. The molecule has 0 bridgehead atoms. The Bertz CT molecular complexity index is 986. The first-order chi connectivity index (χ1) is 12.7. The van der Waals surface area contributed by atoms with Crippen molar-refractivity contribution in [3.8, 4) is 0 Å². The topological polar surface area (TPSA) is 119 Å². The second-order valence-electron chi connectivity index (χ2n) is 6.62. The summed E-state index contributed by atoms with van der Waals surface area (Å²) in [7, 11) is -3.75. The Kier molecular flexibility index (Phi) is 5.16. The van der Waals surface area contributed by atoms with Crippen molar-refractivity contribution in [3.63, 3.8) is 0 Å². The van der Waals surface area contributed by atoms with Crippen LogP contribution < -0.4 is 11.5 Å². The number of hydrogen-bond donors (Lipinski definition) is 2. The van der Waals surface area contributed by atoms with Gasteiger partial charge in [0.2, 0.25) is 10.0 Å². The number of hydrogen-bond acceptors (Lipinski definition) is 5. The third-order valence-corrected chi connectivity index (χ3v) is 6.76. The van der Waals surface area contributed by atoms with Crippen molar-refractivity contribution < 1.29 is 17.6 Å². The molecule has 1 aliphatic rings. The van der Waals surface area contributed by atoms with Gasteiger partial charge in [-0.25, -0.2) is 17.8 Å². The third kappa shape index (κ3) is 3.79. The van der Waals surface area contributed by atoms with E-state index in [9.17, 15) is 17.6 Å². The summed E-state index contributed by atoms with van der Waals surface area (Å²) in [6.07, 6.45) is 1.10. The molecule has 1 saturated heterocycles. The molecule has 1 aromatic heterocycles. The Labute approximate surface area is 157 Å². The monoisotopic (exact) mass is 392 g/mol. The zero-order valence-electron chi connectivity index (χ0n) is 14.9. The van der Waals surface area contributed by atoms with E-state index in [0.29, 0.717) is 37.2 Å². The summed E-state index contributed by atoms with van der Waals surface area (Å²) < 4.78 is 40.6. The highest BCUT2D eigenvalue weighted by atomic mass is 32.2. The van der Waals surface area contributed by atoms with E-state index in [-0.39, 0.29) is 22.2 Å². The predicted octanol–water partition coefficient (Wildman–Crippen LogP) is 1.78. The van der Waals surface area contributed by atoms with Gasteiger partial charge in [-0.2, -0.15) is 4.31 Å². The van der Waals surface area contributed by atoms with Crippen molar-refractivity contribution in [1.82, 2.24) is 9.29 Å². The lowest BCUT2D eigenvalue weighted by atomic mass is 9.94. The second-order valence-corrected chi connectivity index (χ2v) is 8.56. The maximum Gasteiger partial charge on any atom is 0.252 e. The molecule has 0 radical (unpaired) electrons. The van der Waals surface area contributed by atoms with Gasteiger partial charge in [-0.3, -0.25) is 4.79 Å². The number of pyridine rings is 1. The van der Waals surface area contributed by atoms with E-state index in [1.165, 1.54) is 22.5 Å². The normalized spacial score (nSPS) is 16.4. The smallest absolute Gasteiger partial charge is 0.252 e.